The van der Waals surface area contributed by atoms with Gasteiger partial charge in [-0.15, -0.1) is 6.58 Å². The Balaban J connectivity index is 2.17. The number of ether oxygens (including phenoxy) is 1. The summed E-state index contributed by atoms with van der Waals surface area (Å²) in [5.41, 5.74) is 2.36. The molecule has 4 heteroatoms. The van der Waals surface area contributed by atoms with Crippen LogP contribution in [-0.2, 0) is 4.74 Å². The van der Waals surface area contributed by atoms with Crippen LogP contribution in [0.4, 0.5) is 0 Å². The van der Waals surface area contributed by atoms with Crippen molar-refractivity contribution in [1.82, 2.24) is 15.1 Å². The van der Waals surface area contributed by atoms with Crippen molar-refractivity contribution in [2.24, 2.45) is 0 Å². The predicted molar refractivity (Wildman–Crippen MR) is 58.7 cm³/mol. The van der Waals surface area contributed by atoms with Crippen molar-refractivity contribution in [2.45, 2.75) is 13.0 Å². The summed E-state index contributed by atoms with van der Waals surface area (Å²) in [5, 5.41) is 7.12. The second-order valence-electron chi connectivity index (χ2n) is 3.84. The highest BCUT2D eigenvalue weighted by Gasteiger charge is 2.25. The van der Waals surface area contributed by atoms with Gasteiger partial charge in [-0.1, -0.05) is 6.08 Å². The topological polar surface area (TPSA) is 41.1 Å². The number of aryl methyl sites for hydroxylation is 1. The van der Waals surface area contributed by atoms with E-state index in [4.69, 9.17) is 4.74 Å². The van der Waals surface area contributed by atoms with Gasteiger partial charge in [0.05, 0.1) is 31.1 Å². The molecule has 1 saturated heterocycles. The molecule has 0 amide bonds. The molecule has 2 rings (SSSR count). The molecule has 4 nitrogen and oxygen atoms in total. The van der Waals surface area contributed by atoms with Gasteiger partial charge in [0.1, 0.15) is 0 Å². The second-order valence-corrected chi connectivity index (χ2v) is 3.84. The van der Waals surface area contributed by atoms with E-state index in [2.05, 4.69) is 28.6 Å². The number of morpholine rings is 1. The number of hydrogen-bond acceptors (Lipinski definition) is 3. The fourth-order valence-corrected chi connectivity index (χ4v) is 1.98. The van der Waals surface area contributed by atoms with Crippen LogP contribution in [0.3, 0.4) is 0 Å². The van der Waals surface area contributed by atoms with Crippen LogP contribution >= 0.6 is 0 Å². The standard InChI is InChI=1S/C11H17N3O/c1-3-4-14-5-6-15-8-10(14)11-9(2)7-12-13-11/h3,7,10H,1,4-6,8H2,2H3,(H,12,13)/t10-/m0/s1. The second kappa shape index (κ2) is 4.59. The maximum atomic E-state index is 5.51. The molecule has 1 aliphatic heterocycles. The maximum Gasteiger partial charge on any atom is 0.0758 e. The Labute approximate surface area is 89.9 Å². The smallest absolute Gasteiger partial charge is 0.0758 e. The Kier molecular flexibility index (Phi) is 3.18. The molecule has 1 aliphatic rings. The summed E-state index contributed by atoms with van der Waals surface area (Å²) in [7, 11) is 0. The number of aromatic nitrogens is 2. The van der Waals surface area contributed by atoms with Crippen LogP contribution in [-0.4, -0.2) is 41.4 Å². The van der Waals surface area contributed by atoms with Crippen LogP contribution in [0.15, 0.2) is 18.9 Å². The summed E-state index contributed by atoms with van der Waals surface area (Å²) in [4.78, 5) is 2.36. The van der Waals surface area contributed by atoms with E-state index in [1.54, 1.807) is 0 Å². The molecule has 0 radical (unpaired) electrons. The van der Waals surface area contributed by atoms with E-state index in [9.17, 15) is 0 Å². The number of H-pyrrole nitrogens is 1. The van der Waals surface area contributed by atoms with Crippen molar-refractivity contribution in [2.75, 3.05) is 26.3 Å². The fourth-order valence-electron chi connectivity index (χ4n) is 1.98. The van der Waals surface area contributed by atoms with Gasteiger partial charge in [0.25, 0.3) is 0 Å². The first-order valence-electron chi connectivity index (χ1n) is 5.25. The van der Waals surface area contributed by atoms with E-state index in [-0.39, 0.29) is 0 Å². The molecule has 1 N–H and O–H groups in total. The van der Waals surface area contributed by atoms with Gasteiger partial charge in [-0.05, 0) is 12.5 Å². The highest BCUT2D eigenvalue weighted by molar-refractivity contribution is 5.18. The molecular formula is C11H17N3O. The zero-order valence-electron chi connectivity index (χ0n) is 9.07. The SMILES string of the molecule is C=CCN1CCOC[C@H]1c1[nH]ncc1C. The highest BCUT2D eigenvalue weighted by atomic mass is 16.5. The van der Waals surface area contributed by atoms with Crippen LogP contribution in [0.25, 0.3) is 0 Å². The molecule has 1 fully saturated rings. The van der Waals surface area contributed by atoms with Crippen LogP contribution in [0, 0.1) is 6.92 Å². The van der Waals surface area contributed by atoms with E-state index >= 15 is 0 Å². The molecule has 0 spiro atoms. The average molecular weight is 207 g/mol. The van der Waals surface area contributed by atoms with E-state index in [0.717, 1.165) is 32.0 Å². The summed E-state index contributed by atoms with van der Waals surface area (Å²) >= 11 is 0. The Bertz CT molecular complexity index is 334. The third kappa shape index (κ3) is 2.11. The van der Waals surface area contributed by atoms with E-state index in [1.165, 1.54) is 5.56 Å². The van der Waals surface area contributed by atoms with Gasteiger partial charge in [0.15, 0.2) is 0 Å². The summed E-state index contributed by atoms with van der Waals surface area (Å²) in [6.45, 7) is 9.24. The van der Waals surface area contributed by atoms with Crippen LogP contribution in [0.2, 0.25) is 0 Å². The Hall–Kier alpha value is -1.13. The first kappa shape index (κ1) is 10.4. The first-order valence-corrected chi connectivity index (χ1v) is 5.25. The van der Waals surface area contributed by atoms with Crippen LogP contribution < -0.4 is 0 Å². The van der Waals surface area contributed by atoms with Gasteiger partial charge in [-0.2, -0.15) is 5.10 Å². The highest BCUT2D eigenvalue weighted by Crippen LogP contribution is 2.24. The Morgan fingerprint density at radius 2 is 2.67 bits per heavy atom. The normalized spacial score (nSPS) is 22.9. The van der Waals surface area contributed by atoms with Crippen molar-refractivity contribution >= 4 is 0 Å². The lowest BCUT2D eigenvalue weighted by Gasteiger charge is -2.34. The minimum absolute atomic E-state index is 0.291. The molecular weight excluding hydrogens is 190 g/mol. The molecule has 0 aromatic carbocycles. The van der Waals surface area contributed by atoms with Gasteiger partial charge in [-0.25, -0.2) is 0 Å². The van der Waals surface area contributed by atoms with Gasteiger partial charge >= 0.3 is 0 Å². The third-order valence-corrected chi connectivity index (χ3v) is 2.80. The largest absolute Gasteiger partial charge is 0.378 e. The minimum Gasteiger partial charge on any atom is -0.378 e. The Morgan fingerprint density at radius 1 is 1.80 bits per heavy atom. The maximum absolute atomic E-state index is 5.51. The molecule has 0 bridgehead atoms. The van der Waals surface area contributed by atoms with Crippen LogP contribution in [0.1, 0.15) is 17.3 Å². The molecule has 0 aliphatic carbocycles. The van der Waals surface area contributed by atoms with Crippen molar-refractivity contribution in [3.63, 3.8) is 0 Å². The first-order chi connectivity index (χ1) is 7.33. The monoisotopic (exact) mass is 207 g/mol. The molecule has 82 valence electrons. The zero-order valence-corrected chi connectivity index (χ0v) is 9.07. The van der Waals surface area contributed by atoms with E-state index in [1.807, 2.05) is 12.3 Å². The Morgan fingerprint density at radius 3 is 3.33 bits per heavy atom. The molecule has 2 heterocycles. The number of rotatable bonds is 3. The van der Waals surface area contributed by atoms with Crippen molar-refractivity contribution in [1.29, 1.82) is 0 Å². The molecule has 0 saturated carbocycles. The van der Waals surface area contributed by atoms with Crippen LogP contribution in [0.5, 0.6) is 0 Å². The molecule has 1 aromatic heterocycles. The van der Waals surface area contributed by atoms with Gasteiger partial charge < -0.3 is 4.74 Å². The average Bonchev–Trinajstić information content (AvgIpc) is 2.66. The van der Waals surface area contributed by atoms with Crippen molar-refractivity contribution in [3.05, 3.63) is 30.1 Å². The van der Waals surface area contributed by atoms with Gasteiger partial charge in [0.2, 0.25) is 0 Å². The summed E-state index contributed by atoms with van der Waals surface area (Å²) in [6.07, 6.45) is 3.79. The fraction of sp³-hybridized carbons (Fsp3) is 0.545. The lowest BCUT2D eigenvalue weighted by molar-refractivity contribution is -0.00433. The number of nitrogens with zero attached hydrogens (tertiary/aromatic N) is 2. The van der Waals surface area contributed by atoms with E-state index in [0.29, 0.717) is 6.04 Å². The van der Waals surface area contributed by atoms with Crippen molar-refractivity contribution < 1.29 is 4.74 Å². The molecule has 15 heavy (non-hydrogen) atoms. The molecule has 1 atom stereocenters. The van der Waals surface area contributed by atoms with Gasteiger partial charge in [0, 0.05) is 13.1 Å². The number of aromatic amines is 1. The molecule has 0 unspecified atom stereocenters. The number of hydrogen-bond donors (Lipinski definition) is 1. The lowest BCUT2D eigenvalue weighted by Crippen LogP contribution is -2.40. The lowest BCUT2D eigenvalue weighted by atomic mass is 10.1. The minimum atomic E-state index is 0.291. The third-order valence-electron chi connectivity index (χ3n) is 2.80. The zero-order chi connectivity index (χ0) is 10.7. The predicted octanol–water partition coefficient (Wildman–Crippen LogP) is 1.28. The van der Waals surface area contributed by atoms with E-state index < -0.39 is 0 Å². The number of nitrogens with one attached hydrogen (secondary N) is 1. The van der Waals surface area contributed by atoms with Crippen molar-refractivity contribution in [3.8, 4) is 0 Å². The summed E-state index contributed by atoms with van der Waals surface area (Å²) < 4.78 is 5.51. The molecule has 1 aromatic rings. The quantitative estimate of drug-likeness (QED) is 0.759. The van der Waals surface area contributed by atoms with Gasteiger partial charge in [-0.3, -0.25) is 10.00 Å². The summed E-state index contributed by atoms with van der Waals surface area (Å²) in [6, 6.07) is 0.291. The summed E-state index contributed by atoms with van der Waals surface area (Å²) in [5.74, 6) is 0.